The summed E-state index contributed by atoms with van der Waals surface area (Å²) in [7, 11) is 0. The van der Waals surface area contributed by atoms with Gasteiger partial charge >= 0.3 is 11.9 Å². The molecule has 0 unspecified atom stereocenters. The molecule has 0 radical (unpaired) electrons. The van der Waals surface area contributed by atoms with Crippen molar-refractivity contribution < 1.29 is 24.2 Å². The number of carboxylic acids is 1. The molecule has 1 aromatic carbocycles. The Morgan fingerprint density at radius 1 is 1.16 bits per heavy atom. The van der Waals surface area contributed by atoms with Crippen LogP contribution in [-0.4, -0.2) is 28.4 Å². The van der Waals surface area contributed by atoms with Crippen LogP contribution in [0.25, 0.3) is 0 Å². The van der Waals surface area contributed by atoms with Crippen LogP contribution in [0.15, 0.2) is 18.2 Å². The van der Waals surface area contributed by atoms with E-state index in [0.29, 0.717) is 0 Å². The number of Topliss-reactive ketones (excluding diaryl/α,β-unsaturated/α-hetero) is 1. The number of carbonyl (C=O) groups excluding carboxylic acids is 2. The van der Waals surface area contributed by atoms with Crippen molar-refractivity contribution in [2.75, 3.05) is 5.73 Å². The molecule has 1 aromatic rings. The molecule has 6 heteroatoms. The van der Waals surface area contributed by atoms with Gasteiger partial charge in [0.1, 0.15) is 5.60 Å². The fourth-order valence-electron chi connectivity index (χ4n) is 1.39. The Hall–Kier alpha value is -2.37. The largest absolute Gasteiger partial charge is 0.475 e. The zero-order chi connectivity index (χ0) is 14.8. The Labute approximate surface area is 110 Å². The third kappa shape index (κ3) is 3.54. The van der Waals surface area contributed by atoms with Crippen molar-refractivity contribution >= 4 is 23.4 Å². The third-order valence-corrected chi connectivity index (χ3v) is 2.16. The lowest BCUT2D eigenvalue weighted by atomic mass is 10.0. The standard InChI is InChI=1S/C13H15NO5/c1-13(2,3)19-12(18)8-6-4-5-7(9(8)14)10(15)11(16)17/h4-6H,14H2,1-3H3,(H,16,17). The molecule has 0 amide bonds. The van der Waals surface area contributed by atoms with Gasteiger partial charge in [0.05, 0.1) is 16.8 Å². The lowest BCUT2D eigenvalue weighted by molar-refractivity contribution is -0.131. The van der Waals surface area contributed by atoms with Gasteiger partial charge < -0.3 is 15.6 Å². The van der Waals surface area contributed by atoms with Gasteiger partial charge in [-0.05, 0) is 32.9 Å². The molecule has 0 aliphatic heterocycles. The molecule has 0 bridgehead atoms. The molecule has 1 rings (SSSR count). The lowest BCUT2D eigenvalue weighted by Crippen LogP contribution is -2.25. The number of ketones is 1. The zero-order valence-corrected chi connectivity index (χ0v) is 10.9. The SMILES string of the molecule is CC(C)(C)OC(=O)c1cccc(C(=O)C(=O)O)c1N. The number of ether oxygens (including phenoxy) is 1. The minimum Gasteiger partial charge on any atom is -0.475 e. The normalized spacial score (nSPS) is 10.9. The van der Waals surface area contributed by atoms with Crippen LogP contribution in [0.2, 0.25) is 0 Å². The topological polar surface area (TPSA) is 107 Å². The highest BCUT2D eigenvalue weighted by Gasteiger charge is 2.24. The highest BCUT2D eigenvalue weighted by Crippen LogP contribution is 2.21. The fraction of sp³-hybridized carbons (Fsp3) is 0.308. The number of carbonyl (C=O) groups is 3. The van der Waals surface area contributed by atoms with E-state index in [0.717, 1.165) is 0 Å². The predicted molar refractivity (Wildman–Crippen MR) is 68.0 cm³/mol. The maximum absolute atomic E-state index is 11.9. The van der Waals surface area contributed by atoms with Gasteiger partial charge in [0.15, 0.2) is 0 Å². The van der Waals surface area contributed by atoms with Gasteiger partial charge in [0.25, 0.3) is 5.78 Å². The number of hydrogen-bond acceptors (Lipinski definition) is 5. The fourth-order valence-corrected chi connectivity index (χ4v) is 1.39. The quantitative estimate of drug-likeness (QED) is 0.371. The van der Waals surface area contributed by atoms with Crippen LogP contribution in [0.1, 0.15) is 41.5 Å². The first-order chi connectivity index (χ1) is 8.63. The molecule has 0 saturated carbocycles. The summed E-state index contributed by atoms with van der Waals surface area (Å²) in [6, 6.07) is 4.01. The summed E-state index contributed by atoms with van der Waals surface area (Å²) in [5.74, 6) is -3.50. The van der Waals surface area contributed by atoms with E-state index in [9.17, 15) is 14.4 Å². The van der Waals surface area contributed by atoms with E-state index in [2.05, 4.69) is 0 Å². The third-order valence-electron chi connectivity index (χ3n) is 2.16. The molecule has 0 atom stereocenters. The minimum absolute atomic E-state index is 0.0259. The maximum Gasteiger partial charge on any atom is 0.377 e. The summed E-state index contributed by atoms with van der Waals surface area (Å²) in [4.78, 5) is 33.9. The van der Waals surface area contributed by atoms with Crippen LogP contribution in [0.4, 0.5) is 5.69 Å². The molecule has 6 nitrogen and oxygen atoms in total. The lowest BCUT2D eigenvalue weighted by Gasteiger charge is -2.20. The molecule has 102 valence electrons. The molecule has 0 aliphatic carbocycles. The maximum atomic E-state index is 11.9. The van der Waals surface area contributed by atoms with Crippen molar-refractivity contribution in [2.45, 2.75) is 26.4 Å². The molecule has 3 N–H and O–H groups in total. The van der Waals surface area contributed by atoms with Gasteiger partial charge in [-0.2, -0.15) is 0 Å². The highest BCUT2D eigenvalue weighted by atomic mass is 16.6. The van der Waals surface area contributed by atoms with Crippen molar-refractivity contribution in [3.8, 4) is 0 Å². The van der Waals surface area contributed by atoms with Gasteiger partial charge in [-0.25, -0.2) is 9.59 Å². The smallest absolute Gasteiger partial charge is 0.377 e. The second-order valence-electron chi connectivity index (χ2n) is 4.90. The van der Waals surface area contributed by atoms with Gasteiger partial charge in [-0.1, -0.05) is 6.07 Å². The van der Waals surface area contributed by atoms with Crippen molar-refractivity contribution in [2.24, 2.45) is 0 Å². The van der Waals surface area contributed by atoms with Crippen LogP contribution < -0.4 is 5.73 Å². The van der Waals surface area contributed by atoms with Gasteiger partial charge in [0, 0.05) is 0 Å². The first-order valence-electron chi connectivity index (χ1n) is 5.53. The molecule has 19 heavy (non-hydrogen) atoms. The second kappa shape index (κ2) is 5.09. The van der Waals surface area contributed by atoms with E-state index in [1.807, 2.05) is 0 Å². The van der Waals surface area contributed by atoms with E-state index in [1.54, 1.807) is 20.8 Å². The van der Waals surface area contributed by atoms with Crippen molar-refractivity contribution in [3.63, 3.8) is 0 Å². The van der Waals surface area contributed by atoms with Crippen LogP contribution in [0, 0.1) is 0 Å². The minimum atomic E-state index is -1.63. The van der Waals surface area contributed by atoms with Gasteiger partial charge in [-0.15, -0.1) is 0 Å². The Morgan fingerprint density at radius 3 is 2.16 bits per heavy atom. The van der Waals surface area contributed by atoms with Gasteiger partial charge in [-0.3, -0.25) is 4.79 Å². The van der Waals surface area contributed by atoms with E-state index in [1.165, 1.54) is 18.2 Å². The summed E-state index contributed by atoms with van der Waals surface area (Å²) < 4.78 is 5.12. The molecule has 0 aromatic heterocycles. The van der Waals surface area contributed by atoms with E-state index in [-0.39, 0.29) is 16.8 Å². The predicted octanol–water partition coefficient (Wildman–Crippen LogP) is 1.49. The Bertz CT molecular complexity index is 542. The van der Waals surface area contributed by atoms with Gasteiger partial charge in [0.2, 0.25) is 0 Å². The number of aliphatic carboxylic acids is 1. The van der Waals surface area contributed by atoms with Crippen LogP contribution in [0.5, 0.6) is 0 Å². The number of anilines is 1. The molecule has 0 saturated heterocycles. The zero-order valence-electron chi connectivity index (χ0n) is 10.9. The summed E-state index contributed by atoms with van der Waals surface area (Å²) >= 11 is 0. The van der Waals surface area contributed by atoms with Crippen LogP contribution >= 0.6 is 0 Å². The number of para-hydroxylation sites is 1. The van der Waals surface area contributed by atoms with E-state index in [4.69, 9.17) is 15.6 Å². The first-order valence-corrected chi connectivity index (χ1v) is 5.53. The summed E-state index contributed by atoms with van der Waals surface area (Å²) in [6.07, 6.45) is 0. The van der Waals surface area contributed by atoms with Crippen LogP contribution in [-0.2, 0) is 9.53 Å². The Morgan fingerprint density at radius 2 is 1.68 bits per heavy atom. The Balaban J connectivity index is 3.18. The molecule has 0 heterocycles. The molecular formula is C13H15NO5. The van der Waals surface area contributed by atoms with Crippen LogP contribution in [0.3, 0.4) is 0 Å². The number of rotatable bonds is 3. The number of nitrogen functional groups attached to an aromatic ring is 1. The second-order valence-corrected chi connectivity index (χ2v) is 4.90. The van der Waals surface area contributed by atoms with E-state index < -0.39 is 23.3 Å². The number of hydrogen-bond donors (Lipinski definition) is 2. The van der Waals surface area contributed by atoms with E-state index >= 15 is 0 Å². The Kier molecular flexibility index (Phi) is 3.94. The summed E-state index contributed by atoms with van der Waals surface area (Å²) in [6.45, 7) is 5.06. The monoisotopic (exact) mass is 265 g/mol. The number of esters is 1. The molecule has 0 aliphatic rings. The number of carboxylic acid groups (broad SMARTS) is 1. The number of nitrogens with two attached hydrogens (primary N) is 1. The van der Waals surface area contributed by atoms with Crippen molar-refractivity contribution in [1.29, 1.82) is 0 Å². The molecule has 0 spiro atoms. The first kappa shape index (κ1) is 14.7. The molecule has 0 fully saturated rings. The average Bonchev–Trinajstić information content (AvgIpc) is 2.25. The number of benzene rings is 1. The summed E-state index contributed by atoms with van der Waals surface area (Å²) in [5.41, 5.74) is 4.50. The highest BCUT2D eigenvalue weighted by molar-refractivity contribution is 6.41. The summed E-state index contributed by atoms with van der Waals surface area (Å²) in [5, 5.41) is 8.65. The average molecular weight is 265 g/mol. The van der Waals surface area contributed by atoms with Crippen molar-refractivity contribution in [1.82, 2.24) is 0 Å². The molecular weight excluding hydrogens is 250 g/mol. The van der Waals surface area contributed by atoms with Crippen molar-refractivity contribution in [3.05, 3.63) is 29.3 Å².